The molecule has 0 saturated heterocycles. The molecule has 0 aromatic heterocycles. The normalized spacial score (nSPS) is 22.1. The Balaban J connectivity index is 2.49. The van der Waals surface area contributed by atoms with Gasteiger partial charge in [-0.15, -0.1) is 0 Å². The van der Waals surface area contributed by atoms with Crippen LogP contribution in [0.15, 0.2) is 17.1 Å². The van der Waals surface area contributed by atoms with E-state index in [9.17, 15) is 14.0 Å². The number of rotatable bonds is 6. The number of carbonyl (C=O) groups excluding carboxylic acids is 2. The standard InChI is InChI=1S/C13H19FN2O4/c1-8-10(11(17)20-16-8)7-9(14)5-4-6-13(2,15)12(18)19-3/h5,10H,4,6-7,15H2,1-3H3/b9-5-. The van der Waals surface area contributed by atoms with Crippen LogP contribution in [0.5, 0.6) is 0 Å². The predicted octanol–water partition coefficient (Wildman–Crippen LogP) is 1.45. The summed E-state index contributed by atoms with van der Waals surface area (Å²) in [6.07, 6.45) is 1.74. The fourth-order valence-corrected chi connectivity index (χ4v) is 1.79. The van der Waals surface area contributed by atoms with Crippen molar-refractivity contribution in [2.45, 2.75) is 38.6 Å². The van der Waals surface area contributed by atoms with E-state index in [0.717, 1.165) is 0 Å². The molecule has 0 saturated carbocycles. The number of halogens is 1. The number of allylic oxidation sites excluding steroid dienone is 2. The summed E-state index contributed by atoms with van der Waals surface area (Å²) in [5.41, 5.74) is 5.04. The lowest BCUT2D eigenvalue weighted by Crippen LogP contribution is -2.45. The van der Waals surface area contributed by atoms with Crippen LogP contribution < -0.4 is 5.73 Å². The molecular weight excluding hydrogens is 267 g/mol. The van der Waals surface area contributed by atoms with Crippen molar-refractivity contribution in [3.05, 3.63) is 11.9 Å². The highest BCUT2D eigenvalue weighted by Crippen LogP contribution is 2.22. The van der Waals surface area contributed by atoms with Crippen molar-refractivity contribution >= 4 is 17.7 Å². The maximum absolute atomic E-state index is 13.7. The second-order valence-electron chi connectivity index (χ2n) is 5.00. The van der Waals surface area contributed by atoms with Gasteiger partial charge in [-0.1, -0.05) is 11.2 Å². The number of hydrogen-bond donors (Lipinski definition) is 1. The molecule has 20 heavy (non-hydrogen) atoms. The van der Waals surface area contributed by atoms with Gasteiger partial charge in [0.1, 0.15) is 11.5 Å². The highest BCUT2D eigenvalue weighted by molar-refractivity contribution is 6.03. The number of hydrogen-bond acceptors (Lipinski definition) is 6. The quantitative estimate of drug-likeness (QED) is 0.589. The monoisotopic (exact) mass is 286 g/mol. The van der Waals surface area contributed by atoms with E-state index in [-0.39, 0.29) is 19.3 Å². The molecule has 1 rings (SSSR count). The van der Waals surface area contributed by atoms with Crippen LogP contribution in [0.3, 0.4) is 0 Å². The summed E-state index contributed by atoms with van der Waals surface area (Å²) in [6.45, 7) is 3.13. The number of methoxy groups -OCH3 is 1. The zero-order chi connectivity index (χ0) is 15.3. The van der Waals surface area contributed by atoms with Gasteiger partial charge in [-0.05, 0) is 26.7 Å². The maximum Gasteiger partial charge on any atom is 0.344 e. The zero-order valence-electron chi connectivity index (χ0n) is 11.8. The van der Waals surface area contributed by atoms with E-state index in [1.54, 1.807) is 6.92 Å². The lowest BCUT2D eigenvalue weighted by molar-refractivity contribution is -0.146. The average Bonchev–Trinajstić information content (AvgIpc) is 2.69. The van der Waals surface area contributed by atoms with Crippen molar-refractivity contribution in [1.82, 2.24) is 0 Å². The van der Waals surface area contributed by atoms with E-state index >= 15 is 0 Å². The summed E-state index contributed by atoms with van der Waals surface area (Å²) in [7, 11) is 1.25. The van der Waals surface area contributed by atoms with Crippen LogP contribution in [0.4, 0.5) is 4.39 Å². The highest BCUT2D eigenvalue weighted by atomic mass is 19.1. The Labute approximate surface area is 116 Å². The third-order valence-electron chi connectivity index (χ3n) is 3.15. The lowest BCUT2D eigenvalue weighted by atomic mass is 9.96. The Morgan fingerprint density at radius 2 is 2.30 bits per heavy atom. The number of carbonyl (C=O) groups is 2. The summed E-state index contributed by atoms with van der Waals surface area (Å²) in [6, 6.07) is 0. The van der Waals surface area contributed by atoms with Gasteiger partial charge in [0.25, 0.3) is 0 Å². The van der Waals surface area contributed by atoms with E-state index in [1.165, 1.54) is 20.1 Å². The van der Waals surface area contributed by atoms with E-state index in [4.69, 9.17) is 5.73 Å². The molecule has 1 aliphatic heterocycles. The van der Waals surface area contributed by atoms with Gasteiger partial charge in [-0.3, -0.25) is 4.79 Å². The molecule has 6 nitrogen and oxygen atoms in total. The second-order valence-corrected chi connectivity index (χ2v) is 5.00. The molecular formula is C13H19FN2O4. The number of ether oxygens (including phenoxy) is 1. The third-order valence-corrected chi connectivity index (χ3v) is 3.15. The summed E-state index contributed by atoms with van der Waals surface area (Å²) < 4.78 is 18.3. The van der Waals surface area contributed by atoms with Crippen LogP contribution in [0, 0.1) is 5.92 Å². The Bertz CT molecular complexity index is 457. The lowest BCUT2D eigenvalue weighted by Gasteiger charge is -2.20. The Kier molecular flexibility index (Phi) is 5.38. The van der Waals surface area contributed by atoms with Crippen LogP contribution in [0.25, 0.3) is 0 Å². The van der Waals surface area contributed by atoms with Gasteiger partial charge in [0.05, 0.1) is 18.6 Å². The minimum atomic E-state index is -1.16. The van der Waals surface area contributed by atoms with E-state index in [2.05, 4.69) is 14.7 Å². The zero-order valence-corrected chi connectivity index (χ0v) is 11.8. The first-order chi connectivity index (χ1) is 9.27. The molecule has 0 amide bonds. The van der Waals surface area contributed by atoms with Crippen molar-refractivity contribution in [2.24, 2.45) is 16.8 Å². The van der Waals surface area contributed by atoms with Gasteiger partial charge >= 0.3 is 11.9 Å². The molecule has 0 spiro atoms. The van der Waals surface area contributed by atoms with Crippen molar-refractivity contribution in [3.8, 4) is 0 Å². The molecule has 2 atom stereocenters. The fourth-order valence-electron chi connectivity index (χ4n) is 1.79. The van der Waals surface area contributed by atoms with Crippen molar-refractivity contribution in [2.75, 3.05) is 7.11 Å². The number of nitrogens with zero attached hydrogens (tertiary/aromatic N) is 1. The number of oxime groups is 1. The molecule has 0 aliphatic carbocycles. The molecule has 2 unspecified atom stereocenters. The van der Waals surface area contributed by atoms with Crippen molar-refractivity contribution in [3.63, 3.8) is 0 Å². The molecule has 1 heterocycles. The van der Waals surface area contributed by atoms with Gasteiger partial charge in [0, 0.05) is 6.42 Å². The minimum absolute atomic E-state index is 0.0896. The summed E-state index contributed by atoms with van der Waals surface area (Å²) >= 11 is 0. The molecule has 0 aromatic carbocycles. The Morgan fingerprint density at radius 3 is 2.80 bits per heavy atom. The van der Waals surface area contributed by atoms with Gasteiger partial charge in [-0.25, -0.2) is 9.18 Å². The number of esters is 1. The van der Waals surface area contributed by atoms with E-state index < -0.39 is 29.2 Å². The van der Waals surface area contributed by atoms with E-state index in [1.807, 2.05) is 0 Å². The maximum atomic E-state index is 13.7. The van der Waals surface area contributed by atoms with Gasteiger partial charge in [-0.2, -0.15) is 0 Å². The molecule has 0 aromatic rings. The second kappa shape index (κ2) is 6.60. The van der Waals surface area contributed by atoms with Crippen LogP contribution in [-0.4, -0.2) is 30.3 Å². The smallest absolute Gasteiger partial charge is 0.344 e. The first kappa shape index (κ1) is 16.3. The number of nitrogens with two attached hydrogens (primary N) is 1. The SMILES string of the molecule is COC(=O)C(C)(N)CC/C=C(\F)CC1C(=O)ON=C1C. The highest BCUT2D eigenvalue weighted by Gasteiger charge is 2.31. The summed E-state index contributed by atoms with van der Waals surface area (Å²) in [4.78, 5) is 27.1. The largest absolute Gasteiger partial charge is 0.468 e. The summed E-state index contributed by atoms with van der Waals surface area (Å²) in [5.74, 6) is -2.22. The molecule has 7 heteroatoms. The fraction of sp³-hybridized carbons (Fsp3) is 0.615. The van der Waals surface area contributed by atoms with Crippen LogP contribution >= 0.6 is 0 Å². The first-order valence-electron chi connectivity index (χ1n) is 6.25. The van der Waals surface area contributed by atoms with Crippen LogP contribution in [0.1, 0.15) is 33.1 Å². The molecule has 1 aliphatic rings. The van der Waals surface area contributed by atoms with Gasteiger partial charge in [0.15, 0.2) is 0 Å². The Morgan fingerprint density at radius 1 is 1.65 bits per heavy atom. The third kappa shape index (κ3) is 4.12. The van der Waals surface area contributed by atoms with Crippen molar-refractivity contribution < 1.29 is 23.6 Å². The van der Waals surface area contributed by atoms with Gasteiger partial charge < -0.3 is 15.3 Å². The van der Waals surface area contributed by atoms with Crippen LogP contribution in [0.2, 0.25) is 0 Å². The molecule has 0 fully saturated rings. The molecule has 112 valence electrons. The minimum Gasteiger partial charge on any atom is -0.468 e. The molecule has 0 bridgehead atoms. The average molecular weight is 286 g/mol. The van der Waals surface area contributed by atoms with Crippen molar-refractivity contribution in [1.29, 1.82) is 0 Å². The predicted molar refractivity (Wildman–Crippen MR) is 70.3 cm³/mol. The molecule has 2 N–H and O–H groups in total. The molecule has 0 radical (unpaired) electrons. The van der Waals surface area contributed by atoms with Crippen LogP contribution in [-0.2, 0) is 19.2 Å². The first-order valence-corrected chi connectivity index (χ1v) is 6.25. The van der Waals surface area contributed by atoms with E-state index in [0.29, 0.717) is 5.71 Å². The topological polar surface area (TPSA) is 91.0 Å². The van der Waals surface area contributed by atoms with Gasteiger partial charge in [0.2, 0.25) is 0 Å². The Hall–Kier alpha value is -1.76. The summed E-state index contributed by atoms with van der Waals surface area (Å²) in [5, 5.41) is 3.50.